The zero-order valence-corrected chi connectivity index (χ0v) is 12.6. The predicted octanol–water partition coefficient (Wildman–Crippen LogP) is 6.15. The average molecular weight is 256 g/mol. The van der Waals surface area contributed by atoms with Gasteiger partial charge in [0.2, 0.25) is 0 Å². The Morgan fingerprint density at radius 2 is 1.84 bits per heavy atom. The molecule has 0 bridgehead atoms. The van der Waals surface area contributed by atoms with Crippen LogP contribution in [0.3, 0.4) is 0 Å². The minimum atomic E-state index is 0.950. The van der Waals surface area contributed by atoms with Crippen molar-refractivity contribution in [1.29, 1.82) is 0 Å². The lowest BCUT2D eigenvalue weighted by atomic mass is 9.84. The van der Waals surface area contributed by atoms with Gasteiger partial charge in [0.15, 0.2) is 0 Å². The van der Waals surface area contributed by atoms with Crippen LogP contribution in [-0.2, 0) is 0 Å². The molecule has 0 aliphatic heterocycles. The van der Waals surface area contributed by atoms with Crippen LogP contribution in [0.2, 0.25) is 0 Å². The first-order valence-corrected chi connectivity index (χ1v) is 8.05. The van der Waals surface area contributed by atoms with E-state index >= 15 is 0 Å². The summed E-state index contributed by atoms with van der Waals surface area (Å²) in [5.41, 5.74) is 4.37. The Bertz CT molecular complexity index is 397. The minimum Gasteiger partial charge on any atom is -0.0804 e. The third-order valence-corrected chi connectivity index (χ3v) is 4.41. The monoisotopic (exact) mass is 256 g/mol. The zero-order valence-electron chi connectivity index (χ0n) is 12.6. The molecule has 104 valence electrons. The highest BCUT2D eigenvalue weighted by atomic mass is 14.2. The van der Waals surface area contributed by atoms with Crippen molar-refractivity contribution in [1.82, 2.24) is 0 Å². The SMILES string of the molecule is CCCCCCC1CC=C(c2ccc(C)cc2)CC1. The number of rotatable bonds is 6. The summed E-state index contributed by atoms with van der Waals surface area (Å²) in [4.78, 5) is 0. The maximum absolute atomic E-state index is 2.50. The third-order valence-electron chi connectivity index (χ3n) is 4.41. The van der Waals surface area contributed by atoms with Crippen LogP contribution >= 0.6 is 0 Å². The quantitative estimate of drug-likeness (QED) is 0.535. The molecule has 0 radical (unpaired) electrons. The number of benzene rings is 1. The van der Waals surface area contributed by atoms with Gasteiger partial charge in [-0.2, -0.15) is 0 Å². The Morgan fingerprint density at radius 1 is 1.05 bits per heavy atom. The molecule has 0 amide bonds. The highest BCUT2D eigenvalue weighted by Crippen LogP contribution is 2.32. The van der Waals surface area contributed by atoms with Gasteiger partial charge >= 0.3 is 0 Å². The van der Waals surface area contributed by atoms with Crippen LogP contribution in [-0.4, -0.2) is 0 Å². The summed E-state index contributed by atoms with van der Waals surface area (Å²) in [6.07, 6.45) is 13.5. The normalized spacial score (nSPS) is 19.3. The van der Waals surface area contributed by atoms with Gasteiger partial charge in [0, 0.05) is 0 Å². The fourth-order valence-electron chi connectivity index (χ4n) is 3.04. The van der Waals surface area contributed by atoms with E-state index in [4.69, 9.17) is 0 Å². The molecule has 0 aromatic heterocycles. The van der Waals surface area contributed by atoms with Crippen LogP contribution in [0.5, 0.6) is 0 Å². The van der Waals surface area contributed by atoms with E-state index in [9.17, 15) is 0 Å². The summed E-state index contributed by atoms with van der Waals surface area (Å²) < 4.78 is 0. The zero-order chi connectivity index (χ0) is 13.5. The van der Waals surface area contributed by atoms with E-state index in [2.05, 4.69) is 44.2 Å². The molecule has 0 heteroatoms. The van der Waals surface area contributed by atoms with Crippen LogP contribution < -0.4 is 0 Å². The van der Waals surface area contributed by atoms with Crippen molar-refractivity contribution in [3.63, 3.8) is 0 Å². The average Bonchev–Trinajstić information content (AvgIpc) is 2.45. The second-order valence-electron chi connectivity index (χ2n) is 6.09. The van der Waals surface area contributed by atoms with Crippen molar-refractivity contribution >= 4 is 5.57 Å². The molecule has 1 unspecified atom stereocenters. The van der Waals surface area contributed by atoms with Crippen LogP contribution in [0.15, 0.2) is 30.3 Å². The van der Waals surface area contributed by atoms with Crippen LogP contribution in [0.4, 0.5) is 0 Å². The highest BCUT2D eigenvalue weighted by molar-refractivity contribution is 5.66. The molecule has 0 N–H and O–H groups in total. The van der Waals surface area contributed by atoms with Crippen molar-refractivity contribution in [2.75, 3.05) is 0 Å². The summed E-state index contributed by atoms with van der Waals surface area (Å²) in [5, 5.41) is 0. The van der Waals surface area contributed by atoms with Gasteiger partial charge in [0.05, 0.1) is 0 Å². The Kier molecular flexibility index (Phi) is 5.69. The van der Waals surface area contributed by atoms with Crippen molar-refractivity contribution in [2.24, 2.45) is 5.92 Å². The molecule has 0 fully saturated rings. The smallest absolute Gasteiger partial charge is 0.0228 e. The summed E-state index contributed by atoms with van der Waals surface area (Å²) in [5.74, 6) is 0.950. The Hall–Kier alpha value is -1.04. The van der Waals surface area contributed by atoms with Crippen LogP contribution in [0.25, 0.3) is 5.57 Å². The highest BCUT2D eigenvalue weighted by Gasteiger charge is 2.14. The van der Waals surface area contributed by atoms with Crippen LogP contribution in [0, 0.1) is 12.8 Å². The van der Waals surface area contributed by atoms with Gasteiger partial charge in [0.1, 0.15) is 0 Å². The molecule has 2 rings (SSSR count). The van der Waals surface area contributed by atoms with Crippen molar-refractivity contribution < 1.29 is 0 Å². The van der Waals surface area contributed by atoms with Gasteiger partial charge in [-0.15, -0.1) is 0 Å². The lowest BCUT2D eigenvalue weighted by Crippen LogP contribution is -2.05. The van der Waals surface area contributed by atoms with E-state index in [1.165, 1.54) is 62.5 Å². The number of hydrogen-bond acceptors (Lipinski definition) is 0. The summed E-state index contributed by atoms with van der Waals surface area (Å²) in [6.45, 7) is 4.45. The first-order chi connectivity index (χ1) is 9.29. The lowest BCUT2D eigenvalue weighted by Gasteiger charge is -2.22. The molecule has 1 aliphatic carbocycles. The molecule has 1 atom stereocenters. The van der Waals surface area contributed by atoms with E-state index in [-0.39, 0.29) is 0 Å². The predicted molar refractivity (Wildman–Crippen MR) is 85.3 cm³/mol. The van der Waals surface area contributed by atoms with Gasteiger partial charge < -0.3 is 0 Å². The van der Waals surface area contributed by atoms with Crippen molar-refractivity contribution in [2.45, 2.75) is 65.2 Å². The maximum Gasteiger partial charge on any atom is -0.0228 e. The summed E-state index contributed by atoms with van der Waals surface area (Å²) in [7, 11) is 0. The van der Waals surface area contributed by atoms with Gasteiger partial charge in [-0.3, -0.25) is 0 Å². The molecular weight excluding hydrogens is 228 g/mol. The van der Waals surface area contributed by atoms with Gasteiger partial charge in [-0.1, -0.05) is 74.9 Å². The maximum atomic E-state index is 2.50. The Balaban J connectivity index is 1.81. The molecule has 0 saturated heterocycles. The molecule has 0 heterocycles. The lowest BCUT2D eigenvalue weighted by molar-refractivity contribution is 0.425. The molecule has 0 spiro atoms. The number of unbranched alkanes of at least 4 members (excludes halogenated alkanes) is 3. The summed E-state index contributed by atoms with van der Waals surface area (Å²) >= 11 is 0. The minimum absolute atomic E-state index is 0.950. The van der Waals surface area contributed by atoms with Crippen molar-refractivity contribution in [3.05, 3.63) is 41.5 Å². The molecule has 19 heavy (non-hydrogen) atoms. The van der Waals surface area contributed by atoms with E-state index in [1.54, 1.807) is 5.57 Å². The second-order valence-corrected chi connectivity index (χ2v) is 6.09. The van der Waals surface area contributed by atoms with E-state index in [0.29, 0.717) is 0 Å². The Morgan fingerprint density at radius 3 is 2.47 bits per heavy atom. The summed E-state index contributed by atoms with van der Waals surface area (Å²) in [6, 6.07) is 9.02. The van der Waals surface area contributed by atoms with Gasteiger partial charge in [-0.25, -0.2) is 0 Å². The van der Waals surface area contributed by atoms with Crippen molar-refractivity contribution in [3.8, 4) is 0 Å². The molecule has 0 saturated carbocycles. The second kappa shape index (κ2) is 7.53. The van der Waals surface area contributed by atoms with Gasteiger partial charge in [0.25, 0.3) is 0 Å². The molecule has 1 aromatic carbocycles. The molecular formula is C19H28. The molecule has 1 aromatic rings. The standard InChI is InChI=1S/C19H28/c1-3-4-5-6-7-17-10-14-19(15-11-17)18-12-8-16(2)9-13-18/h8-9,12-14,17H,3-7,10-11,15H2,1-2H3. The fourth-order valence-corrected chi connectivity index (χ4v) is 3.04. The van der Waals surface area contributed by atoms with Gasteiger partial charge in [-0.05, 0) is 43.2 Å². The Labute approximate surface area is 118 Å². The topological polar surface area (TPSA) is 0 Å². The first kappa shape index (κ1) is 14.4. The largest absolute Gasteiger partial charge is 0.0804 e. The molecule has 0 nitrogen and oxygen atoms in total. The van der Waals surface area contributed by atoms with E-state index in [1.807, 2.05) is 0 Å². The number of allylic oxidation sites excluding steroid dienone is 2. The number of hydrogen-bond donors (Lipinski definition) is 0. The first-order valence-electron chi connectivity index (χ1n) is 8.05. The molecule has 1 aliphatic rings. The van der Waals surface area contributed by atoms with E-state index in [0.717, 1.165) is 5.92 Å². The fraction of sp³-hybridized carbons (Fsp3) is 0.579. The third kappa shape index (κ3) is 4.53. The van der Waals surface area contributed by atoms with E-state index < -0.39 is 0 Å². The van der Waals surface area contributed by atoms with Crippen LogP contribution in [0.1, 0.15) is 69.4 Å². The number of aryl methyl sites for hydroxylation is 1.